The van der Waals surface area contributed by atoms with Crippen LogP contribution in [0.2, 0.25) is 0 Å². The van der Waals surface area contributed by atoms with Crippen LogP contribution in [0.5, 0.6) is 0 Å². The summed E-state index contributed by atoms with van der Waals surface area (Å²) in [4.78, 5) is 14.5. The first-order valence-electron chi connectivity index (χ1n) is 7.75. The molecule has 0 N–H and O–H groups in total. The molecule has 0 spiro atoms. The predicted molar refractivity (Wildman–Crippen MR) is 92.6 cm³/mol. The summed E-state index contributed by atoms with van der Waals surface area (Å²) in [6.45, 7) is 3.74. The number of aromatic nitrogens is 3. The number of hydrogen-bond donors (Lipinski definition) is 0. The van der Waals surface area contributed by atoms with Crippen LogP contribution in [-0.4, -0.2) is 20.1 Å². The van der Waals surface area contributed by atoms with Crippen molar-refractivity contribution in [1.82, 2.24) is 15.2 Å². The lowest BCUT2D eigenvalue weighted by atomic mass is 9.97. The lowest BCUT2D eigenvalue weighted by Gasteiger charge is -2.10. The molecule has 0 amide bonds. The van der Waals surface area contributed by atoms with Crippen molar-refractivity contribution in [3.8, 4) is 0 Å². The summed E-state index contributed by atoms with van der Waals surface area (Å²) in [5.74, 6) is 0.587. The minimum Gasteiger partial charge on any atom is -0.415 e. The fourth-order valence-corrected chi connectivity index (χ4v) is 3.23. The van der Waals surface area contributed by atoms with Gasteiger partial charge in [-0.1, -0.05) is 37.3 Å². The maximum absolute atomic E-state index is 10.9. The Hall–Kier alpha value is -2.74. The van der Waals surface area contributed by atoms with Crippen molar-refractivity contribution in [3.63, 3.8) is 0 Å². The number of hydrogen-bond acceptors (Lipinski definition) is 7. The van der Waals surface area contributed by atoms with E-state index in [1.54, 1.807) is 13.0 Å². The quantitative estimate of drug-likeness (QED) is 0.478. The third-order valence-electron chi connectivity index (χ3n) is 3.78. The highest BCUT2D eigenvalue weighted by molar-refractivity contribution is 7.99. The van der Waals surface area contributed by atoms with Crippen LogP contribution in [0.25, 0.3) is 0 Å². The van der Waals surface area contributed by atoms with E-state index in [1.807, 2.05) is 30.3 Å². The van der Waals surface area contributed by atoms with Gasteiger partial charge in [-0.05, 0) is 36.7 Å². The first kappa shape index (κ1) is 17.1. The molecular weight excluding hydrogens is 340 g/mol. The molecule has 0 radical (unpaired) electrons. The minimum absolute atomic E-state index is 0.00862. The lowest BCUT2D eigenvalue weighted by molar-refractivity contribution is -0.385. The summed E-state index contributed by atoms with van der Waals surface area (Å²) < 4.78 is 5.78. The van der Waals surface area contributed by atoms with Gasteiger partial charge in [-0.25, -0.2) is 4.98 Å². The lowest BCUT2D eigenvalue weighted by Crippen LogP contribution is -1.99. The molecule has 1 atom stereocenters. The first-order chi connectivity index (χ1) is 12.1. The van der Waals surface area contributed by atoms with Crippen molar-refractivity contribution in [1.29, 1.82) is 0 Å². The van der Waals surface area contributed by atoms with Crippen LogP contribution in [0, 0.1) is 17.0 Å². The van der Waals surface area contributed by atoms with Gasteiger partial charge in [0.05, 0.1) is 10.8 Å². The topological polar surface area (TPSA) is 95.0 Å². The third-order valence-corrected chi connectivity index (χ3v) is 4.55. The van der Waals surface area contributed by atoms with Gasteiger partial charge in [-0.15, -0.1) is 10.2 Å². The van der Waals surface area contributed by atoms with Crippen LogP contribution in [0.4, 0.5) is 5.69 Å². The molecule has 7 nitrogen and oxygen atoms in total. The standard InChI is InChI=1S/C17H16N4O3S/c1-3-13(12-7-5-4-6-8-12)16-19-20-17(24-16)25-15-9-11(2)14(10-18-15)21(22)23/h4-10,13H,3H2,1-2H3. The highest BCUT2D eigenvalue weighted by atomic mass is 32.2. The van der Waals surface area contributed by atoms with E-state index in [-0.39, 0.29) is 11.6 Å². The van der Waals surface area contributed by atoms with Gasteiger partial charge in [-0.3, -0.25) is 10.1 Å². The fourth-order valence-electron chi connectivity index (χ4n) is 2.50. The van der Waals surface area contributed by atoms with Crippen molar-refractivity contribution < 1.29 is 9.34 Å². The smallest absolute Gasteiger partial charge is 0.290 e. The SMILES string of the molecule is CCC(c1ccccc1)c1nnc(Sc2cc(C)c([N+](=O)[O-])cn2)o1. The van der Waals surface area contributed by atoms with E-state index >= 15 is 0 Å². The van der Waals surface area contributed by atoms with Crippen LogP contribution in [0.3, 0.4) is 0 Å². The molecule has 128 valence electrons. The van der Waals surface area contributed by atoms with Gasteiger partial charge in [0, 0.05) is 5.56 Å². The van der Waals surface area contributed by atoms with Gasteiger partial charge in [0.15, 0.2) is 0 Å². The van der Waals surface area contributed by atoms with Crippen LogP contribution in [0.15, 0.2) is 57.3 Å². The molecule has 0 saturated carbocycles. The van der Waals surface area contributed by atoms with E-state index in [1.165, 1.54) is 18.0 Å². The number of nitrogens with zero attached hydrogens (tertiary/aromatic N) is 4. The van der Waals surface area contributed by atoms with Crippen LogP contribution in [-0.2, 0) is 0 Å². The highest BCUT2D eigenvalue weighted by Crippen LogP contribution is 2.32. The van der Waals surface area contributed by atoms with Crippen LogP contribution >= 0.6 is 11.8 Å². The molecule has 3 aromatic rings. The molecule has 2 heterocycles. The monoisotopic (exact) mass is 356 g/mol. The van der Waals surface area contributed by atoms with Crippen molar-refractivity contribution in [2.24, 2.45) is 0 Å². The van der Waals surface area contributed by atoms with E-state index in [0.29, 0.717) is 21.7 Å². The Morgan fingerprint density at radius 1 is 1.28 bits per heavy atom. The van der Waals surface area contributed by atoms with Gasteiger partial charge in [0.1, 0.15) is 11.2 Å². The molecule has 0 aliphatic carbocycles. The molecular formula is C17H16N4O3S. The Labute approximate surface area is 148 Å². The fraction of sp³-hybridized carbons (Fsp3) is 0.235. The van der Waals surface area contributed by atoms with Gasteiger partial charge >= 0.3 is 0 Å². The number of aryl methyl sites for hydroxylation is 1. The second kappa shape index (κ2) is 7.43. The second-order valence-corrected chi connectivity index (χ2v) is 6.42. The molecule has 0 aliphatic heterocycles. The minimum atomic E-state index is -0.451. The third kappa shape index (κ3) is 3.85. The molecule has 25 heavy (non-hydrogen) atoms. The number of rotatable bonds is 6. The van der Waals surface area contributed by atoms with Gasteiger partial charge in [-0.2, -0.15) is 0 Å². The zero-order valence-corrected chi connectivity index (χ0v) is 14.6. The van der Waals surface area contributed by atoms with Crippen molar-refractivity contribution in [3.05, 3.63) is 69.7 Å². The van der Waals surface area contributed by atoms with Crippen LogP contribution in [0.1, 0.15) is 36.3 Å². The van der Waals surface area contributed by atoms with Gasteiger partial charge < -0.3 is 4.42 Å². The number of nitro groups is 1. The maximum atomic E-state index is 10.9. The number of pyridine rings is 1. The van der Waals surface area contributed by atoms with Gasteiger partial charge in [0.25, 0.3) is 10.9 Å². The maximum Gasteiger partial charge on any atom is 0.290 e. The Morgan fingerprint density at radius 3 is 2.68 bits per heavy atom. The average Bonchev–Trinajstić information content (AvgIpc) is 3.04. The first-order valence-corrected chi connectivity index (χ1v) is 8.57. The summed E-state index contributed by atoms with van der Waals surface area (Å²) in [6, 6.07) is 11.6. The highest BCUT2D eigenvalue weighted by Gasteiger charge is 2.20. The summed E-state index contributed by atoms with van der Waals surface area (Å²) >= 11 is 1.19. The van der Waals surface area contributed by atoms with E-state index in [2.05, 4.69) is 22.1 Å². The molecule has 8 heteroatoms. The van der Waals surface area contributed by atoms with E-state index in [0.717, 1.165) is 12.0 Å². The van der Waals surface area contributed by atoms with E-state index < -0.39 is 4.92 Å². The molecule has 0 fully saturated rings. The zero-order chi connectivity index (χ0) is 17.8. The molecule has 2 aromatic heterocycles. The predicted octanol–water partition coefficient (Wildman–Crippen LogP) is 4.37. The van der Waals surface area contributed by atoms with Crippen molar-refractivity contribution in [2.75, 3.05) is 0 Å². The Bertz CT molecular complexity index is 883. The zero-order valence-electron chi connectivity index (χ0n) is 13.7. The largest absolute Gasteiger partial charge is 0.415 e. The van der Waals surface area contributed by atoms with Crippen LogP contribution < -0.4 is 0 Å². The Kier molecular flexibility index (Phi) is 5.08. The molecule has 0 saturated heterocycles. The number of benzene rings is 1. The molecule has 1 unspecified atom stereocenters. The molecule has 1 aromatic carbocycles. The summed E-state index contributed by atoms with van der Waals surface area (Å²) in [5, 5.41) is 20.0. The second-order valence-electron chi connectivity index (χ2n) is 5.45. The average molecular weight is 356 g/mol. The summed E-state index contributed by atoms with van der Waals surface area (Å²) in [5.41, 5.74) is 1.65. The Morgan fingerprint density at radius 2 is 2.04 bits per heavy atom. The van der Waals surface area contributed by atoms with E-state index in [9.17, 15) is 10.1 Å². The Balaban J connectivity index is 1.80. The molecule has 0 aliphatic rings. The molecule has 0 bridgehead atoms. The van der Waals surface area contributed by atoms with E-state index in [4.69, 9.17) is 4.42 Å². The van der Waals surface area contributed by atoms with Crippen molar-refractivity contribution in [2.45, 2.75) is 36.4 Å². The molecule has 3 rings (SSSR count). The van der Waals surface area contributed by atoms with Crippen molar-refractivity contribution >= 4 is 17.4 Å². The summed E-state index contributed by atoms with van der Waals surface area (Å²) in [7, 11) is 0. The van der Waals surface area contributed by atoms with Gasteiger partial charge in [0.2, 0.25) is 5.89 Å². The normalized spacial score (nSPS) is 12.1. The summed E-state index contributed by atoms with van der Waals surface area (Å²) in [6.07, 6.45) is 2.08.